The molecule has 0 radical (unpaired) electrons. The first kappa shape index (κ1) is 14.2. The van der Waals surface area contributed by atoms with E-state index < -0.39 is 7.92 Å². The van der Waals surface area contributed by atoms with Crippen molar-refractivity contribution in [3.63, 3.8) is 0 Å². The Morgan fingerprint density at radius 2 is 1.33 bits per heavy atom. The largest absolute Gasteiger partial charge is 0.303 e. The Morgan fingerprint density at radius 3 is 1.72 bits per heavy atom. The molecular formula is C15H25O2P. The van der Waals surface area contributed by atoms with Crippen LogP contribution >= 0.6 is 7.92 Å². The molecule has 0 amide bonds. The molecule has 0 unspecified atom stereocenters. The molecule has 0 aromatic rings. The fourth-order valence-corrected chi connectivity index (χ4v) is 7.14. The number of aldehydes is 1. The molecule has 102 valence electrons. The molecule has 0 aromatic carbocycles. The normalized spacial score (nSPS) is 23.2. The second-order valence-electron chi connectivity index (χ2n) is 5.76. The molecule has 0 saturated heterocycles. The van der Waals surface area contributed by atoms with Gasteiger partial charge >= 0.3 is 0 Å². The minimum absolute atomic E-state index is 0.179. The van der Waals surface area contributed by atoms with Gasteiger partial charge in [-0.2, -0.15) is 0 Å². The molecule has 2 saturated carbocycles. The number of carbonyl (C=O) groups is 2. The molecular weight excluding hydrogens is 243 g/mol. The molecule has 0 heterocycles. The van der Waals surface area contributed by atoms with Crippen molar-refractivity contribution >= 4 is 19.7 Å². The Morgan fingerprint density at radius 1 is 0.889 bits per heavy atom. The first-order chi connectivity index (χ1) is 8.83. The summed E-state index contributed by atoms with van der Waals surface area (Å²) < 4.78 is 0. The predicted octanol–water partition coefficient (Wildman–Crippen LogP) is 4.25. The lowest BCUT2D eigenvalue weighted by atomic mass is 9.99. The minimum atomic E-state index is -0.534. The molecule has 2 rings (SSSR count). The minimum Gasteiger partial charge on any atom is -0.303 e. The molecule has 3 heteroatoms. The van der Waals surface area contributed by atoms with Gasteiger partial charge in [-0.05, 0) is 44.9 Å². The summed E-state index contributed by atoms with van der Waals surface area (Å²) in [6.45, 7) is 0. The highest BCUT2D eigenvalue weighted by Gasteiger charge is 2.35. The lowest BCUT2D eigenvalue weighted by molar-refractivity contribution is -0.116. The summed E-state index contributed by atoms with van der Waals surface area (Å²) in [5, 5.41) is 0. The summed E-state index contributed by atoms with van der Waals surface area (Å²) in [6.07, 6.45) is 13.8. The van der Waals surface area contributed by atoms with Gasteiger partial charge in [0.2, 0.25) is 0 Å². The Hall–Kier alpha value is -0.230. The topological polar surface area (TPSA) is 34.1 Å². The molecule has 0 aromatic heterocycles. The van der Waals surface area contributed by atoms with Gasteiger partial charge in [-0.1, -0.05) is 38.5 Å². The van der Waals surface area contributed by atoms with Crippen LogP contribution in [0.25, 0.3) is 0 Å². The highest BCUT2D eigenvalue weighted by Crippen LogP contribution is 2.56. The van der Waals surface area contributed by atoms with E-state index in [1.165, 1.54) is 64.2 Å². The average Bonchev–Trinajstić information content (AvgIpc) is 2.42. The van der Waals surface area contributed by atoms with Gasteiger partial charge in [0.15, 0.2) is 5.52 Å². The first-order valence-corrected chi connectivity index (χ1v) is 9.05. The number of hydrogen-bond acceptors (Lipinski definition) is 2. The van der Waals surface area contributed by atoms with Gasteiger partial charge in [-0.3, -0.25) is 4.79 Å². The van der Waals surface area contributed by atoms with Gasteiger partial charge < -0.3 is 4.79 Å². The van der Waals surface area contributed by atoms with E-state index in [4.69, 9.17) is 0 Å². The Labute approximate surface area is 112 Å². The SMILES string of the molecule is O=CCC(=O)P(C1CCCCC1)C1CCCCC1. The van der Waals surface area contributed by atoms with Crippen LogP contribution in [0, 0.1) is 0 Å². The second-order valence-corrected chi connectivity index (χ2v) is 8.53. The maximum absolute atomic E-state index is 12.3. The third kappa shape index (κ3) is 3.63. The molecule has 0 atom stereocenters. The lowest BCUT2D eigenvalue weighted by Gasteiger charge is -2.36. The summed E-state index contributed by atoms with van der Waals surface area (Å²) in [5.74, 6) is 0. The van der Waals surface area contributed by atoms with Crippen LogP contribution in [0.15, 0.2) is 0 Å². The van der Waals surface area contributed by atoms with Gasteiger partial charge in [-0.15, -0.1) is 0 Å². The summed E-state index contributed by atoms with van der Waals surface area (Å²) in [7, 11) is -0.534. The Balaban J connectivity index is 2.04. The average molecular weight is 268 g/mol. The van der Waals surface area contributed by atoms with Crippen molar-refractivity contribution in [3.05, 3.63) is 0 Å². The predicted molar refractivity (Wildman–Crippen MR) is 76.4 cm³/mol. The third-order valence-electron chi connectivity index (χ3n) is 4.48. The summed E-state index contributed by atoms with van der Waals surface area (Å²) >= 11 is 0. The fourth-order valence-electron chi connectivity index (χ4n) is 3.60. The Kier molecular flexibility index (Phi) is 5.82. The number of hydrogen-bond donors (Lipinski definition) is 0. The van der Waals surface area contributed by atoms with Crippen LogP contribution in [0.5, 0.6) is 0 Å². The first-order valence-electron chi connectivity index (χ1n) is 7.57. The highest BCUT2D eigenvalue weighted by atomic mass is 31.1. The quantitative estimate of drug-likeness (QED) is 0.424. The van der Waals surface area contributed by atoms with Crippen molar-refractivity contribution in [2.24, 2.45) is 0 Å². The number of carbonyl (C=O) groups excluding carboxylic acids is 2. The molecule has 2 nitrogen and oxygen atoms in total. The van der Waals surface area contributed by atoms with Crippen LogP contribution in [0.4, 0.5) is 0 Å². The van der Waals surface area contributed by atoms with E-state index in [1.54, 1.807) is 0 Å². The van der Waals surface area contributed by atoms with E-state index in [0.29, 0.717) is 16.8 Å². The zero-order valence-electron chi connectivity index (χ0n) is 11.3. The van der Waals surface area contributed by atoms with Crippen molar-refractivity contribution in [3.8, 4) is 0 Å². The van der Waals surface area contributed by atoms with E-state index in [0.717, 1.165) is 6.29 Å². The number of rotatable bonds is 5. The smallest absolute Gasteiger partial charge is 0.161 e. The molecule has 2 aliphatic carbocycles. The zero-order chi connectivity index (χ0) is 12.8. The van der Waals surface area contributed by atoms with Gasteiger partial charge in [0, 0.05) is 0 Å². The third-order valence-corrected chi connectivity index (χ3v) is 7.85. The van der Waals surface area contributed by atoms with Crippen molar-refractivity contribution in [1.82, 2.24) is 0 Å². The molecule has 0 aliphatic heterocycles. The van der Waals surface area contributed by atoms with Gasteiger partial charge in [0.1, 0.15) is 6.29 Å². The van der Waals surface area contributed by atoms with Gasteiger partial charge in [-0.25, -0.2) is 0 Å². The second kappa shape index (κ2) is 7.38. The van der Waals surface area contributed by atoms with Crippen molar-refractivity contribution < 1.29 is 9.59 Å². The monoisotopic (exact) mass is 268 g/mol. The van der Waals surface area contributed by atoms with E-state index in [2.05, 4.69) is 0 Å². The molecule has 0 bridgehead atoms. The zero-order valence-corrected chi connectivity index (χ0v) is 12.2. The van der Waals surface area contributed by atoms with E-state index in [9.17, 15) is 9.59 Å². The van der Waals surface area contributed by atoms with Gasteiger partial charge in [0.25, 0.3) is 0 Å². The van der Waals surface area contributed by atoms with Crippen LogP contribution in [0.3, 0.4) is 0 Å². The van der Waals surface area contributed by atoms with E-state index in [1.807, 2.05) is 0 Å². The maximum atomic E-state index is 12.3. The standard InChI is InChI=1S/C15H25O2P/c16-12-11-15(17)18(13-7-3-1-4-8-13)14-9-5-2-6-10-14/h12-14H,1-11H2. The summed E-state index contributed by atoms with van der Waals surface area (Å²) in [6, 6.07) is 0. The van der Waals surface area contributed by atoms with E-state index in [-0.39, 0.29) is 6.42 Å². The van der Waals surface area contributed by atoms with Crippen LogP contribution in [0.1, 0.15) is 70.6 Å². The van der Waals surface area contributed by atoms with Crippen LogP contribution in [-0.4, -0.2) is 23.1 Å². The van der Waals surface area contributed by atoms with Crippen LogP contribution < -0.4 is 0 Å². The Bertz CT molecular complexity index is 260. The molecule has 2 aliphatic rings. The van der Waals surface area contributed by atoms with Crippen LogP contribution in [-0.2, 0) is 9.59 Å². The van der Waals surface area contributed by atoms with Crippen molar-refractivity contribution in [2.75, 3.05) is 0 Å². The van der Waals surface area contributed by atoms with Gasteiger partial charge in [0.05, 0.1) is 6.42 Å². The fraction of sp³-hybridized carbons (Fsp3) is 0.867. The summed E-state index contributed by atoms with van der Waals surface area (Å²) in [5.41, 5.74) is 1.59. The lowest BCUT2D eigenvalue weighted by Crippen LogP contribution is -2.24. The van der Waals surface area contributed by atoms with Crippen molar-refractivity contribution in [1.29, 1.82) is 0 Å². The highest BCUT2D eigenvalue weighted by molar-refractivity contribution is 7.76. The molecule has 18 heavy (non-hydrogen) atoms. The molecule has 2 fully saturated rings. The molecule has 0 spiro atoms. The maximum Gasteiger partial charge on any atom is 0.161 e. The molecule has 0 N–H and O–H groups in total. The summed E-state index contributed by atoms with van der Waals surface area (Å²) in [4.78, 5) is 23.0. The van der Waals surface area contributed by atoms with E-state index >= 15 is 0 Å². The van der Waals surface area contributed by atoms with Crippen molar-refractivity contribution in [2.45, 2.75) is 81.9 Å². The van der Waals surface area contributed by atoms with Crippen LogP contribution in [0.2, 0.25) is 0 Å².